The molecule has 0 aliphatic carbocycles. The lowest BCUT2D eigenvalue weighted by atomic mass is 9.98. The first kappa shape index (κ1) is 24.1. The quantitative estimate of drug-likeness (QED) is 0.339. The van der Waals surface area contributed by atoms with Crippen LogP contribution in [-0.2, 0) is 16.5 Å². The number of hydrogen-bond donors (Lipinski definition) is 2. The van der Waals surface area contributed by atoms with Gasteiger partial charge in [0, 0.05) is 0 Å². The summed E-state index contributed by atoms with van der Waals surface area (Å²) < 4.78 is 32.5. The van der Waals surface area contributed by atoms with Crippen LogP contribution in [0.5, 0.6) is 0 Å². The molecular formula is C20H37NO3S. The second-order valence-corrected chi connectivity index (χ2v) is 8.28. The lowest BCUT2D eigenvalue weighted by Crippen LogP contribution is -2.06. The number of hydrogen-bond acceptors (Lipinski definition) is 3. The van der Waals surface area contributed by atoms with Gasteiger partial charge in [-0.3, -0.25) is 4.55 Å². The van der Waals surface area contributed by atoms with E-state index in [-0.39, 0.29) is 11.0 Å². The fourth-order valence-electron chi connectivity index (χ4n) is 3.19. The van der Waals surface area contributed by atoms with Crippen molar-refractivity contribution in [3.63, 3.8) is 0 Å². The summed E-state index contributed by atoms with van der Waals surface area (Å²) >= 11 is 0. The molecule has 0 spiro atoms. The summed E-state index contributed by atoms with van der Waals surface area (Å²) in [4.78, 5) is 0.0847. The first-order valence-electron chi connectivity index (χ1n) is 9.44. The highest BCUT2D eigenvalue weighted by atomic mass is 32.2. The second kappa shape index (κ2) is 12.4. The number of benzene rings is 1. The van der Waals surface area contributed by atoms with Crippen LogP contribution >= 0.6 is 0 Å². The molecule has 0 saturated heterocycles. The molecule has 4 nitrogen and oxygen atoms in total. The molecule has 0 unspecified atom stereocenters. The molecule has 146 valence electrons. The van der Waals surface area contributed by atoms with E-state index >= 15 is 0 Å². The minimum atomic E-state index is -4.14. The van der Waals surface area contributed by atoms with E-state index in [4.69, 9.17) is 0 Å². The lowest BCUT2D eigenvalue weighted by molar-refractivity contribution is 0.481. The zero-order valence-corrected chi connectivity index (χ0v) is 17.1. The van der Waals surface area contributed by atoms with Gasteiger partial charge in [0.25, 0.3) is 10.1 Å². The molecule has 0 fully saturated rings. The molecule has 1 aromatic rings. The zero-order chi connectivity index (χ0) is 18.0. The summed E-state index contributed by atoms with van der Waals surface area (Å²) in [6.07, 6.45) is 13.3. The summed E-state index contributed by atoms with van der Waals surface area (Å²) in [6, 6.07) is 3.30. The van der Waals surface area contributed by atoms with Gasteiger partial charge in [-0.1, -0.05) is 70.8 Å². The first-order valence-corrected chi connectivity index (χ1v) is 10.9. The smallest absolute Gasteiger partial charge is 0.294 e. The molecule has 0 bridgehead atoms. The summed E-state index contributed by atoms with van der Waals surface area (Å²) in [5.41, 5.74) is 2.85. The van der Waals surface area contributed by atoms with E-state index in [1.54, 1.807) is 6.07 Å². The van der Waals surface area contributed by atoms with E-state index in [9.17, 15) is 13.0 Å². The van der Waals surface area contributed by atoms with Crippen LogP contribution < -0.4 is 6.15 Å². The summed E-state index contributed by atoms with van der Waals surface area (Å²) in [5.74, 6) is 0. The van der Waals surface area contributed by atoms with Crippen molar-refractivity contribution in [2.75, 3.05) is 0 Å². The molecule has 0 heterocycles. The van der Waals surface area contributed by atoms with Gasteiger partial charge in [0.1, 0.15) is 0 Å². The largest absolute Gasteiger partial charge is 0.344 e. The third-order valence-electron chi connectivity index (χ3n) is 4.88. The molecule has 1 aromatic carbocycles. The Kier molecular flexibility index (Phi) is 12.0. The van der Waals surface area contributed by atoms with Crippen molar-refractivity contribution >= 4 is 10.1 Å². The Morgan fingerprint density at radius 1 is 0.840 bits per heavy atom. The molecule has 0 aliphatic heterocycles. The number of rotatable bonds is 12. The molecule has 0 atom stereocenters. The third kappa shape index (κ3) is 8.84. The van der Waals surface area contributed by atoms with Gasteiger partial charge in [-0.05, 0) is 49.4 Å². The van der Waals surface area contributed by atoms with Crippen LogP contribution in [0.15, 0.2) is 17.0 Å². The topological polar surface area (TPSA) is 89.4 Å². The summed E-state index contributed by atoms with van der Waals surface area (Å²) in [7, 11) is -4.14. The van der Waals surface area contributed by atoms with Crippen molar-refractivity contribution in [1.82, 2.24) is 6.15 Å². The van der Waals surface area contributed by atoms with Gasteiger partial charge >= 0.3 is 0 Å². The van der Waals surface area contributed by atoms with Crippen molar-refractivity contribution in [2.45, 2.75) is 96.3 Å². The maximum atomic E-state index is 11.6. The predicted octanol–water partition coefficient (Wildman–Crippen LogP) is 6.18. The highest BCUT2D eigenvalue weighted by molar-refractivity contribution is 7.85. The Bertz CT molecular complexity index is 597. The Morgan fingerprint density at radius 2 is 1.32 bits per heavy atom. The van der Waals surface area contributed by atoms with E-state index in [1.165, 1.54) is 57.4 Å². The van der Waals surface area contributed by atoms with Gasteiger partial charge in [0.15, 0.2) is 0 Å². The molecule has 4 N–H and O–H groups in total. The maximum absolute atomic E-state index is 11.6. The highest BCUT2D eigenvalue weighted by Crippen LogP contribution is 2.24. The van der Waals surface area contributed by atoms with E-state index < -0.39 is 10.1 Å². The Morgan fingerprint density at radius 3 is 1.80 bits per heavy atom. The molecule has 0 amide bonds. The van der Waals surface area contributed by atoms with Crippen LogP contribution in [0.25, 0.3) is 0 Å². The van der Waals surface area contributed by atoms with Crippen molar-refractivity contribution in [3.8, 4) is 0 Å². The summed E-state index contributed by atoms with van der Waals surface area (Å²) in [6.45, 7) is 6.16. The summed E-state index contributed by atoms with van der Waals surface area (Å²) in [5, 5.41) is 0. The standard InChI is InChI=1S/C20H34O3S.H3N/c1-4-5-6-7-8-9-10-11-12-13-14-19-18(3)17(2)15-16-20(19)24(21,22)23;/h15-16H,4-14H2,1-3H3,(H,21,22,23);1H3. The van der Waals surface area contributed by atoms with Crippen molar-refractivity contribution in [2.24, 2.45) is 0 Å². The van der Waals surface area contributed by atoms with Gasteiger partial charge in [-0.25, -0.2) is 0 Å². The van der Waals surface area contributed by atoms with Crippen LogP contribution in [0.4, 0.5) is 0 Å². The first-order chi connectivity index (χ1) is 11.4. The van der Waals surface area contributed by atoms with Crippen molar-refractivity contribution in [1.29, 1.82) is 0 Å². The van der Waals surface area contributed by atoms with Crippen molar-refractivity contribution in [3.05, 3.63) is 28.8 Å². The van der Waals surface area contributed by atoms with E-state index in [1.807, 2.05) is 13.8 Å². The normalized spacial score (nSPS) is 11.4. The second-order valence-electron chi connectivity index (χ2n) is 6.89. The average molecular weight is 372 g/mol. The molecule has 25 heavy (non-hydrogen) atoms. The minimum absolute atomic E-state index is 0. The number of unbranched alkanes of at least 4 members (excludes halogenated alkanes) is 9. The molecular weight excluding hydrogens is 334 g/mol. The SMILES string of the molecule is CCCCCCCCCCCCc1c(S(=O)(=O)O)ccc(C)c1C.N. The molecule has 5 heteroatoms. The van der Waals surface area contributed by atoms with Gasteiger partial charge in [0.05, 0.1) is 4.90 Å². The van der Waals surface area contributed by atoms with Crippen LogP contribution in [0, 0.1) is 13.8 Å². The van der Waals surface area contributed by atoms with Crippen LogP contribution in [0.1, 0.15) is 87.8 Å². The fourth-order valence-corrected chi connectivity index (χ4v) is 4.00. The predicted molar refractivity (Wildman–Crippen MR) is 106 cm³/mol. The Balaban J connectivity index is 0.00000576. The molecule has 0 aliphatic rings. The van der Waals surface area contributed by atoms with Crippen molar-refractivity contribution < 1.29 is 13.0 Å². The van der Waals surface area contributed by atoms with E-state index in [2.05, 4.69) is 6.92 Å². The minimum Gasteiger partial charge on any atom is -0.344 e. The fraction of sp³-hybridized carbons (Fsp3) is 0.700. The maximum Gasteiger partial charge on any atom is 0.294 e. The van der Waals surface area contributed by atoms with Gasteiger partial charge in [-0.2, -0.15) is 8.42 Å². The van der Waals surface area contributed by atoms with Crippen LogP contribution in [-0.4, -0.2) is 13.0 Å². The number of aryl methyl sites for hydroxylation is 1. The van der Waals surface area contributed by atoms with E-state index in [0.717, 1.165) is 36.0 Å². The Labute approximate surface area is 154 Å². The Hall–Kier alpha value is -0.910. The van der Waals surface area contributed by atoms with Crippen LogP contribution in [0.2, 0.25) is 0 Å². The zero-order valence-electron chi connectivity index (χ0n) is 16.3. The molecule has 0 saturated carbocycles. The van der Waals surface area contributed by atoms with Gasteiger partial charge in [-0.15, -0.1) is 0 Å². The van der Waals surface area contributed by atoms with Gasteiger partial charge in [0.2, 0.25) is 0 Å². The van der Waals surface area contributed by atoms with E-state index in [0.29, 0.717) is 0 Å². The highest BCUT2D eigenvalue weighted by Gasteiger charge is 2.17. The molecule has 1 rings (SSSR count). The van der Waals surface area contributed by atoms with Crippen LogP contribution in [0.3, 0.4) is 0 Å². The molecule has 0 aromatic heterocycles. The molecule has 0 radical (unpaired) electrons. The monoisotopic (exact) mass is 371 g/mol. The average Bonchev–Trinajstić information content (AvgIpc) is 2.51. The van der Waals surface area contributed by atoms with Gasteiger partial charge < -0.3 is 6.15 Å². The third-order valence-corrected chi connectivity index (χ3v) is 5.82. The lowest BCUT2D eigenvalue weighted by Gasteiger charge is -2.13.